The molecule has 138 valence electrons. The molecule has 0 N–H and O–H groups in total. The molecule has 4 nitrogen and oxygen atoms in total. The highest BCUT2D eigenvalue weighted by atomic mass is 79.9. The third-order valence-electron chi connectivity index (χ3n) is 4.43. The number of carbonyl (C=O) groups is 1. The fraction of sp³-hybridized carbons (Fsp3) is 0.381. The second kappa shape index (κ2) is 9.08. The minimum Gasteiger partial charge on any atom is -0.490 e. The number of hydrogen-bond acceptors (Lipinski definition) is 3. The van der Waals surface area contributed by atoms with Gasteiger partial charge in [0.25, 0.3) is 5.91 Å². The summed E-state index contributed by atoms with van der Waals surface area (Å²) in [4.78, 5) is 14.7. The lowest BCUT2D eigenvalue weighted by atomic mass is 10.1. The predicted octanol–water partition coefficient (Wildman–Crippen LogP) is 5.05. The minimum atomic E-state index is 0.0564. The van der Waals surface area contributed by atoms with Crippen molar-refractivity contribution in [2.45, 2.75) is 32.8 Å². The molecule has 1 amide bonds. The second-order valence-corrected chi connectivity index (χ2v) is 7.20. The van der Waals surface area contributed by atoms with E-state index in [-0.39, 0.29) is 5.91 Å². The van der Waals surface area contributed by atoms with Crippen molar-refractivity contribution in [3.63, 3.8) is 0 Å². The molecule has 0 aromatic heterocycles. The van der Waals surface area contributed by atoms with Crippen LogP contribution in [0.15, 0.2) is 46.9 Å². The Morgan fingerprint density at radius 2 is 1.81 bits per heavy atom. The quantitative estimate of drug-likeness (QED) is 0.659. The maximum atomic E-state index is 12.8. The highest BCUT2D eigenvalue weighted by Crippen LogP contribution is 2.38. The summed E-state index contributed by atoms with van der Waals surface area (Å²) >= 11 is 3.56. The van der Waals surface area contributed by atoms with E-state index in [0.717, 1.165) is 36.0 Å². The highest BCUT2D eigenvalue weighted by Gasteiger charge is 2.21. The van der Waals surface area contributed by atoms with Gasteiger partial charge in [0.2, 0.25) is 0 Å². The molecule has 1 saturated heterocycles. The summed E-state index contributed by atoms with van der Waals surface area (Å²) in [6.07, 6.45) is 3.34. The molecule has 1 heterocycles. The number of rotatable bonds is 6. The number of hydrogen-bond donors (Lipinski definition) is 0. The SMILES string of the molecule is CCOc1cc(C(=O)N2CCCCC2)cc(Br)c1OCc1ccccc1. The van der Waals surface area contributed by atoms with Gasteiger partial charge in [-0.05, 0) is 59.8 Å². The van der Waals surface area contributed by atoms with Crippen molar-refractivity contribution >= 4 is 21.8 Å². The van der Waals surface area contributed by atoms with E-state index < -0.39 is 0 Å². The lowest BCUT2D eigenvalue weighted by molar-refractivity contribution is 0.0723. The first kappa shape index (κ1) is 18.8. The third-order valence-corrected chi connectivity index (χ3v) is 5.01. The molecule has 0 saturated carbocycles. The summed E-state index contributed by atoms with van der Waals surface area (Å²) in [5.74, 6) is 1.28. The number of amides is 1. The predicted molar refractivity (Wildman–Crippen MR) is 106 cm³/mol. The Morgan fingerprint density at radius 3 is 2.50 bits per heavy atom. The summed E-state index contributed by atoms with van der Waals surface area (Å²) in [6, 6.07) is 13.6. The molecule has 0 aliphatic carbocycles. The molecule has 0 unspecified atom stereocenters. The van der Waals surface area contributed by atoms with Gasteiger partial charge in [0.1, 0.15) is 6.61 Å². The fourth-order valence-electron chi connectivity index (χ4n) is 3.10. The van der Waals surface area contributed by atoms with Gasteiger partial charge in [0.05, 0.1) is 11.1 Å². The standard InChI is InChI=1S/C21H24BrNO3/c1-2-25-19-14-17(21(24)23-11-7-4-8-12-23)13-18(22)20(19)26-15-16-9-5-3-6-10-16/h3,5-6,9-10,13-14H,2,4,7-8,11-12,15H2,1H3. The smallest absolute Gasteiger partial charge is 0.254 e. The summed E-state index contributed by atoms with van der Waals surface area (Å²) < 4.78 is 12.5. The van der Waals surface area contributed by atoms with Crippen LogP contribution in [0, 0.1) is 0 Å². The van der Waals surface area contributed by atoms with Crippen LogP contribution >= 0.6 is 15.9 Å². The minimum absolute atomic E-state index is 0.0564. The van der Waals surface area contributed by atoms with Gasteiger partial charge < -0.3 is 14.4 Å². The van der Waals surface area contributed by atoms with E-state index in [1.165, 1.54) is 6.42 Å². The number of likely N-dealkylation sites (tertiary alicyclic amines) is 1. The van der Waals surface area contributed by atoms with Crippen LogP contribution in [0.5, 0.6) is 11.5 Å². The van der Waals surface area contributed by atoms with Crippen molar-refractivity contribution in [1.29, 1.82) is 0 Å². The van der Waals surface area contributed by atoms with Crippen molar-refractivity contribution in [2.75, 3.05) is 19.7 Å². The van der Waals surface area contributed by atoms with Gasteiger partial charge in [-0.2, -0.15) is 0 Å². The highest BCUT2D eigenvalue weighted by molar-refractivity contribution is 9.10. The summed E-state index contributed by atoms with van der Waals surface area (Å²) in [5, 5.41) is 0. The van der Waals surface area contributed by atoms with Crippen molar-refractivity contribution in [3.8, 4) is 11.5 Å². The average molecular weight is 418 g/mol. The van der Waals surface area contributed by atoms with E-state index in [2.05, 4.69) is 15.9 Å². The Hall–Kier alpha value is -2.01. The topological polar surface area (TPSA) is 38.8 Å². The van der Waals surface area contributed by atoms with Gasteiger partial charge in [-0.25, -0.2) is 0 Å². The van der Waals surface area contributed by atoms with Crippen molar-refractivity contribution < 1.29 is 14.3 Å². The van der Waals surface area contributed by atoms with Crippen LogP contribution in [-0.2, 0) is 6.61 Å². The summed E-state index contributed by atoms with van der Waals surface area (Å²) in [5.41, 5.74) is 1.71. The maximum absolute atomic E-state index is 12.8. The Bertz CT molecular complexity index is 742. The van der Waals surface area contributed by atoms with Crippen molar-refractivity contribution in [2.24, 2.45) is 0 Å². The van der Waals surface area contributed by atoms with Crippen molar-refractivity contribution in [3.05, 3.63) is 58.1 Å². The van der Waals surface area contributed by atoms with Gasteiger partial charge in [0.15, 0.2) is 11.5 Å². The zero-order valence-corrected chi connectivity index (χ0v) is 16.6. The first-order valence-electron chi connectivity index (χ1n) is 9.11. The molecule has 1 aliphatic heterocycles. The molecular formula is C21H24BrNO3. The van der Waals surface area contributed by atoms with Gasteiger partial charge >= 0.3 is 0 Å². The van der Waals surface area contributed by atoms with Gasteiger partial charge in [-0.3, -0.25) is 4.79 Å². The Morgan fingerprint density at radius 1 is 1.08 bits per heavy atom. The molecule has 2 aromatic carbocycles. The van der Waals surface area contributed by atoms with Crippen LogP contribution in [0.4, 0.5) is 0 Å². The molecule has 2 aromatic rings. The zero-order valence-electron chi connectivity index (χ0n) is 15.0. The molecular weight excluding hydrogens is 394 g/mol. The van der Waals surface area contributed by atoms with Crippen LogP contribution < -0.4 is 9.47 Å². The van der Waals surface area contributed by atoms with E-state index in [0.29, 0.717) is 30.3 Å². The number of carbonyl (C=O) groups excluding carboxylic acids is 1. The van der Waals surface area contributed by atoms with Gasteiger partial charge in [-0.1, -0.05) is 30.3 Å². The van der Waals surface area contributed by atoms with Crippen LogP contribution in [0.25, 0.3) is 0 Å². The number of piperidine rings is 1. The monoisotopic (exact) mass is 417 g/mol. The Balaban J connectivity index is 1.81. The van der Waals surface area contributed by atoms with Crippen LogP contribution in [0.1, 0.15) is 42.1 Å². The van der Waals surface area contributed by atoms with Gasteiger partial charge in [0, 0.05) is 18.7 Å². The normalized spacial score (nSPS) is 14.2. The molecule has 1 fully saturated rings. The van der Waals surface area contributed by atoms with Crippen LogP contribution in [0.2, 0.25) is 0 Å². The lowest BCUT2D eigenvalue weighted by Crippen LogP contribution is -2.35. The second-order valence-electron chi connectivity index (χ2n) is 6.35. The van der Waals surface area contributed by atoms with E-state index >= 15 is 0 Å². The molecule has 5 heteroatoms. The average Bonchev–Trinajstić information content (AvgIpc) is 2.68. The Kier molecular flexibility index (Phi) is 6.56. The largest absolute Gasteiger partial charge is 0.490 e. The van der Waals surface area contributed by atoms with E-state index in [9.17, 15) is 4.79 Å². The first-order chi connectivity index (χ1) is 12.7. The number of benzene rings is 2. The lowest BCUT2D eigenvalue weighted by Gasteiger charge is -2.27. The van der Waals surface area contributed by atoms with E-state index in [4.69, 9.17) is 9.47 Å². The summed E-state index contributed by atoms with van der Waals surface area (Å²) in [6.45, 7) is 4.53. The molecule has 26 heavy (non-hydrogen) atoms. The van der Waals surface area contributed by atoms with Crippen molar-refractivity contribution in [1.82, 2.24) is 4.90 Å². The Labute approximate surface area is 163 Å². The van der Waals surface area contributed by atoms with E-state index in [1.807, 2.05) is 48.2 Å². The fourth-order valence-corrected chi connectivity index (χ4v) is 3.66. The molecule has 0 atom stereocenters. The third kappa shape index (κ3) is 4.58. The maximum Gasteiger partial charge on any atom is 0.254 e. The first-order valence-corrected chi connectivity index (χ1v) is 9.90. The number of halogens is 1. The number of ether oxygens (including phenoxy) is 2. The van der Waals surface area contributed by atoms with Crippen LogP contribution in [-0.4, -0.2) is 30.5 Å². The molecule has 1 aliphatic rings. The molecule has 0 bridgehead atoms. The zero-order chi connectivity index (χ0) is 18.4. The van der Waals surface area contributed by atoms with Gasteiger partial charge in [-0.15, -0.1) is 0 Å². The van der Waals surface area contributed by atoms with E-state index in [1.54, 1.807) is 6.07 Å². The number of nitrogens with zero attached hydrogens (tertiary/aromatic N) is 1. The molecule has 3 rings (SSSR count). The van der Waals surface area contributed by atoms with Crippen LogP contribution in [0.3, 0.4) is 0 Å². The molecule has 0 radical (unpaired) electrons. The summed E-state index contributed by atoms with van der Waals surface area (Å²) in [7, 11) is 0. The molecule has 0 spiro atoms.